The van der Waals surface area contributed by atoms with Crippen molar-refractivity contribution in [2.45, 2.75) is 18.9 Å². The van der Waals surface area contributed by atoms with Crippen LogP contribution in [0.2, 0.25) is 0 Å². The molecule has 21 heavy (non-hydrogen) atoms. The van der Waals surface area contributed by atoms with Gasteiger partial charge >= 0.3 is 0 Å². The molecule has 2 aromatic carbocycles. The van der Waals surface area contributed by atoms with E-state index in [9.17, 15) is 13.6 Å². The van der Waals surface area contributed by atoms with Gasteiger partial charge in [0.2, 0.25) is 0 Å². The number of nitrogens with two attached hydrogens (primary N) is 1. The summed E-state index contributed by atoms with van der Waals surface area (Å²) >= 11 is 3.33. The summed E-state index contributed by atoms with van der Waals surface area (Å²) in [6.45, 7) is 0. The van der Waals surface area contributed by atoms with Crippen molar-refractivity contribution >= 4 is 21.7 Å². The van der Waals surface area contributed by atoms with Gasteiger partial charge in [0.25, 0.3) is 0 Å². The zero-order valence-corrected chi connectivity index (χ0v) is 12.7. The maximum Gasteiger partial charge on any atom is 0.168 e. The van der Waals surface area contributed by atoms with E-state index in [-0.39, 0.29) is 12.5 Å². The van der Waals surface area contributed by atoms with Crippen LogP contribution in [-0.4, -0.2) is 5.78 Å². The molecule has 5 heteroatoms. The summed E-state index contributed by atoms with van der Waals surface area (Å²) in [4.78, 5) is 11.9. The highest BCUT2D eigenvalue weighted by Gasteiger charge is 2.18. The first-order valence-corrected chi connectivity index (χ1v) is 7.26. The molecule has 0 bridgehead atoms. The Labute approximate surface area is 130 Å². The van der Waals surface area contributed by atoms with Crippen molar-refractivity contribution in [1.82, 2.24) is 0 Å². The molecule has 0 saturated heterocycles. The number of hydrogen-bond acceptors (Lipinski definition) is 2. The van der Waals surface area contributed by atoms with E-state index < -0.39 is 23.0 Å². The minimum atomic E-state index is -0.836. The molecule has 110 valence electrons. The number of hydrogen-bond donors (Lipinski definition) is 1. The van der Waals surface area contributed by atoms with Crippen LogP contribution >= 0.6 is 15.9 Å². The summed E-state index contributed by atoms with van der Waals surface area (Å²) in [5, 5.41) is 0. The Morgan fingerprint density at radius 2 is 1.67 bits per heavy atom. The van der Waals surface area contributed by atoms with Gasteiger partial charge in [0, 0.05) is 16.9 Å². The minimum Gasteiger partial charge on any atom is -0.324 e. The van der Waals surface area contributed by atoms with E-state index in [4.69, 9.17) is 5.73 Å². The molecule has 1 unspecified atom stereocenters. The molecule has 0 aromatic heterocycles. The summed E-state index contributed by atoms with van der Waals surface area (Å²) < 4.78 is 27.9. The predicted octanol–water partition coefficient (Wildman–Crippen LogP) is 4.39. The second-order valence-corrected chi connectivity index (χ2v) is 5.63. The van der Waals surface area contributed by atoms with Gasteiger partial charge in [-0.1, -0.05) is 34.1 Å². The quantitative estimate of drug-likeness (QED) is 0.810. The molecule has 0 radical (unpaired) electrons. The van der Waals surface area contributed by atoms with Crippen LogP contribution in [0.15, 0.2) is 46.9 Å². The molecule has 0 aliphatic rings. The number of halogens is 3. The Hall–Kier alpha value is -1.59. The van der Waals surface area contributed by atoms with Crippen LogP contribution in [0.1, 0.15) is 34.8 Å². The molecule has 2 aromatic rings. The van der Waals surface area contributed by atoms with Crippen molar-refractivity contribution in [3.63, 3.8) is 0 Å². The average molecular weight is 354 g/mol. The van der Waals surface area contributed by atoms with Gasteiger partial charge in [0.15, 0.2) is 5.78 Å². The molecule has 0 aliphatic carbocycles. The number of ketones is 1. The number of carbonyl (C=O) groups excluding carboxylic acids is 1. The third-order valence-electron chi connectivity index (χ3n) is 3.22. The van der Waals surface area contributed by atoms with Gasteiger partial charge in [-0.15, -0.1) is 0 Å². The van der Waals surface area contributed by atoms with Crippen LogP contribution in [0.3, 0.4) is 0 Å². The van der Waals surface area contributed by atoms with Crippen LogP contribution in [0.4, 0.5) is 8.78 Å². The minimum absolute atomic E-state index is 0.00488. The van der Waals surface area contributed by atoms with Crippen molar-refractivity contribution in [3.8, 4) is 0 Å². The first-order chi connectivity index (χ1) is 9.99. The molecule has 2 N–H and O–H groups in total. The van der Waals surface area contributed by atoms with E-state index in [1.54, 1.807) is 0 Å². The molecule has 0 aliphatic heterocycles. The highest BCUT2D eigenvalue weighted by atomic mass is 79.9. The fourth-order valence-corrected chi connectivity index (χ4v) is 2.32. The Balaban J connectivity index is 2.02. The second-order valence-electron chi connectivity index (χ2n) is 4.72. The molecule has 0 amide bonds. The monoisotopic (exact) mass is 353 g/mol. The third kappa shape index (κ3) is 3.95. The maximum atomic E-state index is 13.5. The highest BCUT2D eigenvalue weighted by molar-refractivity contribution is 9.10. The van der Waals surface area contributed by atoms with E-state index in [0.29, 0.717) is 6.42 Å². The van der Waals surface area contributed by atoms with Crippen LogP contribution in [0.5, 0.6) is 0 Å². The SMILES string of the molecule is NC(CCC(=O)c1c(F)cccc1F)c1ccc(Br)cc1. The lowest BCUT2D eigenvalue weighted by Gasteiger charge is -2.12. The highest BCUT2D eigenvalue weighted by Crippen LogP contribution is 2.21. The topological polar surface area (TPSA) is 43.1 Å². The second kappa shape index (κ2) is 6.91. The van der Waals surface area contributed by atoms with Gasteiger partial charge in [-0.25, -0.2) is 8.78 Å². The predicted molar refractivity (Wildman–Crippen MR) is 81.0 cm³/mol. The molecule has 2 rings (SSSR count). The van der Waals surface area contributed by atoms with Gasteiger partial charge < -0.3 is 5.73 Å². The molecular formula is C16H14BrF2NO. The normalized spacial score (nSPS) is 12.2. The van der Waals surface area contributed by atoms with E-state index in [0.717, 1.165) is 22.2 Å². The lowest BCUT2D eigenvalue weighted by Crippen LogP contribution is -2.14. The summed E-state index contributed by atoms with van der Waals surface area (Å²) in [7, 11) is 0. The summed E-state index contributed by atoms with van der Waals surface area (Å²) in [6.07, 6.45) is 0.323. The van der Waals surface area contributed by atoms with Crippen LogP contribution < -0.4 is 5.73 Å². The smallest absolute Gasteiger partial charge is 0.168 e. The third-order valence-corrected chi connectivity index (χ3v) is 3.75. The number of Topliss-reactive ketones (excluding diaryl/α,β-unsaturated/α-hetero) is 1. The van der Waals surface area contributed by atoms with Gasteiger partial charge in [0.1, 0.15) is 11.6 Å². The zero-order chi connectivity index (χ0) is 15.4. The molecule has 2 nitrogen and oxygen atoms in total. The molecule has 0 saturated carbocycles. The average Bonchev–Trinajstić information content (AvgIpc) is 2.45. The first kappa shape index (κ1) is 15.8. The largest absolute Gasteiger partial charge is 0.324 e. The van der Waals surface area contributed by atoms with Gasteiger partial charge in [0.05, 0.1) is 5.56 Å². The lowest BCUT2D eigenvalue weighted by molar-refractivity contribution is 0.0969. The van der Waals surface area contributed by atoms with Gasteiger partial charge in [-0.2, -0.15) is 0 Å². The van der Waals surface area contributed by atoms with Crippen LogP contribution in [0.25, 0.3) is 0 Å². The molecule has 0 spiro atoms. The Kier molecular flexibility index (Phi) is 5.20. The van der Waals surface area contributed by atoms with Crippen LogP contribution in [0, 0.1) is 11.6 Å². The molecule has 0 heterocycles. The fraction of sp³-hybridized carbons (Fsp3) is 0.188. The summed E-state index contributed by atoms with van der Waals surface area (Å²) in [5.41, 5.74) is 6.38. The number of carbonyl (C=O) groups is 1. The van der Waals surface area contributed by atoms with Gasteiger partial charge in [-0.05, 0) is 36.2 Å². The molecular weight excluding hydrogens is 340 g/mol. The Bertz CT molecular complexity index is 623. The molecule has 1 atom stereocenters. The van der Waals surface area contributed by atoms with Crippen molar-refractivity contribution in [3.05, 3.63) is 69.7 Å². The van der Waals surface area contributed by atoms with Crippen LogP contribution in [-0.2, 0) is 0 Å². The zero-order valence-electron chi connectivity index (χ0n) is 11.2. The number of benzene rings is 2. The maximum absolute atomic E-state index is 13.5. The Morgan fingerprint density at radius 1 is 1.10 bits per heavy atom. The fourth-order valence-electron chi connectivity index (χ4n) is 2.05. The number of rotatable bonds is 5. The van der Waals surface area contributed by atoms with E-state index in [1.165, 1.54) is 6.07 Å². The van der Waals surface area contributed by atoms with E-state index >= 15 is 0 Å². The van der Waals surface area contributed by atoms with Gasteiger partial charge in [-0.3, -0.25) is 4.79 Å². The van der Waals surface area contributed by atoms with E-state index in [1.807, 2.05) is 24.3 Å². The van der Waals surface area contributed by atoms with Crippen molar-refractivity contribution < 1.29 is 13.6 Å². The lowest BCUT2D eigenvalue weighted by atomic mass is 9.98. The van der Waals surface area contributed by atoms with Crippen molar-refractivity contribution in [2.75, 3.05) is 0 Å². The Morgan fingerprint density at radius 3 is 2.24 bits per heavy atom. The van der Waals surface area contributed by atoms with Crippen molar-refractivity contribution in [1.29, 1.82) is 0 Å². The van der Waals surface area contributed by atoms with E-state index in [2.05, 4.69) is 15.9 Å². The molecule has 0 fully saturated rings. The standard InChI is InChI=1S/C16H14BrF2NO/c17-11-6-4-10(5-7-11)14(20)8-9-15(21)16-12(18)2-1-3-13(16)19/h1-7,14H,8-9,20H2. The van der Waals surface area contributed by atoms with Crippen molar-refractivity contribution in [2.24, 2.45) is 5.73 Å². The first-order valence-electron chi connectivity index (χ1n) is 6.47. The summed E-state index contributed by atoms with van der Waals surface area (Å²) in [6, 6.07) is 10.4. The summed E-state index contributed by atoms with van der Waals surface area (Å²) in [5.74, 6) is -2.24.